The third kappa shape index (κ3) is 3.31. The number of rotatable bonds is 3. The maximum Gasteiger partial charge on any atom is 0.471 e. The van der Waals surface area contributed by atoms with Crippen LogP contribution in [0.15, 0.2) is 22.7 Å². The second kappa shape index (κ2) is 5.60. The normalized spacial score (nSPS) is 11.5. The summed E-state index contributed by atoms with van der Waals surface area (Å²) in [6.45, 7) is -0.396. The molecule has 1 aromatic carbocycles. The van der Waals surface area contributed by atoms with Gasteiger partial charge in [-0.25, -0.2) is 14.2 Å². The molecule has 0 saturated heterocycles. The summed E-state index contributed by atoms with van der Waals surface area (Å²) in [6, 6.07) is 2.10. The van der Waals surface area contributed by atoms with Crippen LogP contribution in [0.1, 0.15) is 11.5 Å². The van der Waals surface area contributed by atoms with Crippen LogP contribution in [0.25, 0.3) is 11.4 Å². The van der Waals surface area contributed by atoms with Crippen LogP contribution in [0.3, 0.4) is 0 Å². The predicted molar refractivity (Wildman–Crippen MR) is 61.6 cm³/mol. The third-order valence-corrected chi connectivity index (χ3v) is 2.53. The van der Waals surface area contributed by atoms with E-state index in [0.29, 0.717) is 0 Å². The zero-order valence-electron chi connectivity index (χ0n) is 10.6. The maximum atomic E-state index is 13.9. The van der Waals surface area contributed by atoms with Gasteiger partial charge in [-0.15, -0.1) is 0 Å². The molecule has 22 heavy (non-hydrogen) atoms. The van der Waals surface area contributed by atoms with Crippen LogP contribution < -0.4 is 5.73 Å². The minimum absolute atomic E-state index is 0.143. The molecule has 0 atom stereocenters. The predicted octanol–water partition coefficient (Wildman–Crippen LogP) is 2.16. The van der Waals surface area contributed by atoms with E-state index in [1.807, 2.05) is 0 Å². The Balaban J connectivity index is 2.26. The van der Waals surface area contributed by atoms with Crippen molar-refractivity contribution in [3.63, 3.8) is 0 Å². The number of carbonyl (C=O) groups is 1. The fourth-order valence-corrected chi connectivity index (χ4v) is 1.54. The van der Waals surface area contributed by atoms with E-state index in [0.717, 1.165) is 12.1 Å². The number of benzene rings is 1. The van der Waals surface area contributed by atoms with Crippen molar-refractivity contribution in [2.75, 3.05) is 0 Å². The van der Waals surface area contributed by atoms with E-state index in [9.17, 15) is 22.4 Å². The van der Waals surface area contributed by atoms with Crippen molar-refractivity contribution in [1.29, 1.82) is 0 Å². The van der Waals surface area contributed by atoms with Crippen LogP contribution in [0.4, 0.5) is 22.4 Å². The van der Waals surface area contributed by atoms with Crippen molar-refractivity contribution in [3.05, 3.63) is 35.5 Å². The highest BCUT2D eigenvalue weighted by Crippen LogP contribution is 2.30. The minimum atomic E-state index is -4.83. The van der Waals surface area contributed by atoms with Gasteiger partial charge in [0.05, 0.1) is 12.1 Å². The summed E-state index contributed by atoms with van der Waals surface area (Å²) in [5.74, 6) is -3.13. The Labute approximate surface area is 119 Å². The lowest BCUT2D eigenvalue weighted by Crippen LogP contribution is -2.32. The average Bonchev–Trinajstić information content (AvgIpc) is 2.88. The van der Waals surface area contributed by atoms with Gasteiger partial charge in [0.25, 0.3) is 0 Å². The molecular formula is C11H8F4N4O3. The summed E-state index contributed by atoms with van der Waals surface area (Å²) in [5, 5.41) is 12.3. The minimum Gasteiger partial charge on any atom is -0.350 e. The van der Waals surface area contributed by atoms with Gasteiger partial charge in [-0.2, -0.15) is 18.2 Å². The van der Waals surface area contributed by atoms with Crippen molar-refractivity contribution in [1.82, 2.24) is 15.2 Å². The molecule has 7 nitrogen and oxygen atoms in total. The van der Waals surface area contributed by atoms with Gasteiger partial charge in [0.1, 0.15) is 5.82 Å². The van der Waals surface area contributed by atoms with E-state index in [2.05, 4.69) is 14.7 Å². The Morgan fingerprint density at radius 1 is 1.41 bits per heavy atom. The van der Waals surface area contributed by atoms with E-state index < -0.39 is 36.3 Å². The second-order valence-corrected chi connectivity index (χ2v) is 4.13. The van der Waals surface area contributed by atoms with E-state index in [1.54, 1.807) is 0 Å². The maximum absolute atomic E-state index is 13.9. The van der Waals surface area contributed by atoms with Gasteiger partial charge in [-0.1, -0.05) is 11.2 Å². The van der Waals surface area contributed by atoms with E-state index in [4.69, 9.17) is 10.9 Å². The molecule has 11 heteroatoms. The molecule has 0 aliphatic heterocycles. The largest absolute Gasteiger partial charge is 0.471 e. The van der Waals surface area contributed by atoms with Crippen LogP contribution in [0, 0.1) is 5.82 Å². The average molecular weight is 320 g/mol. The van der Waals surface area contributed by atoms with Crippen LogP contribution in [-0.2, 0) is 12.7 Å². The molecule has 1 heterocycles. The fraction of sp³-hybridized carbons (Fsp3) is 0.182. The number of hydrogen-bond donors (Lipinski definition) is 2. The highest BCUT2D eigenvalue weighted by Gasteiger charge is 2.38. The molecular weight excluding hydrogens is 312 g/mol. The summed E-state index contributed by atoms with van der Waals surface area (Å²) in [5.41, 5.74) is 4.62. The van der Waals surface area contributed by atoms with Gasteiger partial charge in [0, 0.05) is 0 Å². The molecule has 2 rings (SSSR count). The Bertz CT molecular complexity index is 701. The zero-order valence-corrected chi connectivity index (χ0v) is 10.6. The van der Waals surface area contributed by atoms with E-state index in [-0.39, 0.29) is 16.2 Å². The van der Waals surface area contributed by atoms with Crippen molar-refractivity contribution in [3.8, 4) is 11.4 Å². The first-order valence-electron chi connectivity index (χ1n) is 5.64. The number of primary amides is 1. The van der Waals surface area contributed by atoms with Gasteiger partial charge >= 0.3 is 18.1 Å². The molecule has 0 fully saturated rings. The van der Waals surface area contributed by atoms with Gasteiger partial charge in [-0.05, 0) is 17.7 Å². The number of alkyl halides is 3. The molecule has 0 bridgehead atoms. The van der Waals surface area contributed by atoms with E-state index in [1.165, 1.54) is 6.07 Å². The lowest BCUT2D eigenvalue weighted by Gasteiger charge is -2.12. The van der Waals surface area contributed by atoms with Gasteiger partial charge in [0.2, 0.25) is 5.82 Å². The van der Waals surface area contributed by atoms with Gasteiger partial charge in [-0.3, -0.25) is 5.21 Å². The first kappa shape index (κ1) is 15.7. The number of halogens is 4. The van der Waals surface area contributed by atoms with Crippen LogP contribution in [0.5, 0.6) is 0 Å². The summed E-state index contributed by atoms with van der Waals surface area (Å²) in [7, 11) is 0. The molecule has 1 aromatic heterocycles. The Morgan fingerprint density at radius 3 is 2.59 bits per heavy atom. The standard InChI is InChI=1S/C11H8F4N4O3/c12-7-3-5(4-19(21)10(16)20)1-2-6(7)8-17-9(22-18-8)11(13,14)15/h1-3,21H,4H2,(H2,16,20). The first-order valence-corrected chi connectivity index (χ1v) is 5.64. The number of amides is 2. The topological polar surface area (TPSA) is 105 Å². The summed E-state index contributed by atoms with van der Waals surface area (Å²) >= 11 is 0. The molecule has 0 radical (unpaired) electrons. The Kier molecular flexibility index (Phi) is 3.99. The molecule has 2 aromatic rings. The molecule has 3 N–H and O–H groups in total. The van der Waals surface area contributed by atoms with Crippen LogP contribution in [-0.4, -0.2) is 26.4 Å². The number of hydrogen-bond acceptors (Lipinski definition) is 5. The molecule has 0 aliphatic rings. The molecule has 0 saturated carbocycles. The quantitative estimate of drug-likeness (QED) is 0.512. The smallest absolute Gasteiger partial charge is 0.350 e. The highest BCUT2D eigenvalue weighted by atomic mass is 19.4. The van der Waals surface area contributed by atoms with Gasteiger partial charge < -0.3 is 10.3 Å². The van der Waals surface area contributed by atoms with E-state index >= 15 is 0 Å². The second-order valence-electron chi connectivity index (χ2n) is 4.13. The number of carbonyl (C=O) groups excluding carboxylic acids is 1. The molecule has 0 unspecified atom stereocenters. The van der Waals surface area contributed by atoms with Crippen molar-refractivity contribution < 1.29 is 32.1 Å². The van der Waals surface area contributed by atoms with Crippen molar-refractivity contribution in [2.45, 2.75) is 12.7 Å². The fourth-order valence-electron chi connectivity index (χ4n) is 1.54. The molecule has 118 valence electrons. The molecule has 2 amide bonds. The zero-order chi connectivity index (χ0) is 16.5. The van der Waals surface area contributed by atoms with Crippen LogP contribution in [0.2, 0.25) is 0 Å². The van der Waals surface area contributed by atoms with Crippen LogP contribution >= 0.6 is 0 Å². The summed E-state index contributed by atoms with van der Waals surface area (Å²) in [6.07, 6.45) is -4.83. The number of nitrogens with zero attached hydrogens (tertiary/aromatic N) is 3. The van der Waals surface area contributed by atoms with Crippen molar-refractivity contribution >= 4 is 6.03 Å². The summed E-state index contributed by atoms with van der Waals surface area (Å²) < 4.78 is 54.9. The van der Waals surface area contributed by atoms with Crippen molar-refractivity contribution in [2.24, 2.45) is 5.73 Å². The first-order chi connectivity index (χ1) is 10.2. The monoisotopic (exact) mass is 320 g/mol. The lowest BCUT2D eigenvalue weighted by molar-refractivity contribution is -0.159. The number of hydroxylamine groups is 2. The Morgan fingerprint density at radius 2 is 2.09 bits per heavy atom. The number of aromatic nitrogens is 2. The number of urea groups is 1. The molecule has 0 spiro atoms. The SMILES string of the molecule is NC(=O)N(O)Cc1ccc(-c2noc(C(F)(F)F)n2)c(F)c1. The highest BCUT2D eigenvalue weighted by molar-refractivity contribution is 5.70. The lowest BCUT2D eigenvalue weighted by atomic mass is 10.1. The third-order valence-electron chi connectivity index (χ3n) is 2.53. The number of nitrogens with two attached hydrogens (primary N) is 1. The van der Waals surface area contributed by atoms with Gasteiger partial charge in [0.15, 0.2) is 0 Å². The molecule has 0 aliphatic carbocycles. The Hall–Kier alpha value is -2.69. The summed E-state index contributed by atoms with van der Waals surface area (Å²) in [4.78, 5) is 13.7.